The Hall–Kier alpha value is -7.37. The van der Waals surface area contributed by atoms with Crippen LogP contribution in [0.25, 0.3) is 11.2 Å². The van der Waals surface area contributed by atoms with Crippen LogP contribution in [0.4, 0.5) is 5.82 Å². The molecule has 2 N–H and O–H groups in total. The van der Waals surface area contributed by atoms with Gasteiger partial charge in [-0.1, -0.05) is 84.9 Å². The number of anilines is 1. The highest BCUT2D eigenvalue weighted by Crippen LogP contribution is 2.43. The Labute approximate surface area is 375 Å². The molecule has 2 aromatic heterocycles. The van der Waals surface area contributed by atoms with Crippen LogP contribution in [0.2, 0.25) is 0 Å². The van der Waals surface area contributed by atoms with Gasteiger partial charge in [0.1, 0.15) is 29.5 Å². The van der Waals surface area contributed by atoms with E-state index in [4.69, 9.17) is 28.4 Å². The van der Waals surface area contributed by atoms with Crippen molar-refractivity contribution < 1.29 is 52.7 Å². The Morgan fingerprint density at radius 1 is 0.831 bits per heavy atom. The van der Waals surface area contributed by atoms with Gasteiger partial charge in [0.15, 0.2) is 35.4 Å². The maximum Gasteiger partial charge on any atom is 0.306 e. The van der Waals surface area contributed by atoms with Gasteiger partial charge in [-0.25, -0.2) is 15.0 Å². The number of nitrogens with one attached hydrogen (secondary N) is 1. The summed E-state index contributed by atoms with van der Waals surface area (Å²) in [5.41, 5.74) is 2.29. The molecule has 0 radical (unpaired) electrons. The molecule has 3 heterocycles. The van der Waals surface area contributed by atoms with Gasteiger partial charge in [-0.15, -0.1) is 0 Å². The smallest absolute Gasteiger partial charge is 0.306 e. The van der Waals surface area contributed by atoms with Gasteiger partial charge in [-0.3, -0.25) is 23.7 Å². The number of carboxylic acids is 1. The molecule has 17 heteroatoms. The van der Waals surface area contributed by atoms with Gasteiger partial charge in [0.2, 0.25) is 0 Å². The molecule has 1 aliphatic heterocycles. The lowest BCUT2D eigenvalue weighted by molar-refractivity contribution is -0.159. The number of esters is 2. The molecule has 1 aliphatic rings. The van der Waals surface area contributed by atoms with Gasteiger partial charge in [0.05, 0.1) is 46.0 Å². The van der Waals surface area contributed by atoms with E-state index in [0.29, 0.717) is 39.6 Å². The first-order valence-corrected chi connectivity index (χ1v) is 20.8. The molecule has 0 aliphatic carbocycles. The second-order valence-electron chi connectivity index (χ2n) is 15.5. The predicted octanol–water partition coefficient (Wildman–Crippen LogP) is 5.25. The van der Waals surface area contributed by atoms with E-state index in [1.165, 1.54) is 19.6 Å². The van der Waals surface area contributed by atoms with Gasteiger partial charge >= 0.3 is 17.9 Å². The number of aliphatic carboxylic acids is 1. The van der Waals surface area contributed by atoms with E-state index in [9.17, 15) is 24.3 Å². The standard InChI is InChI=1S/C48H50N6O11/c1-30(55)63-37(26-31-12-8-6-9-13-31)46(59)52-41-38(64-47(43(41)65-40(58)25-24-39(56)57)54-29-51-42-44(53(2)3)49-28-50-45(42)54)27-62-48(32-14-10-7-11-15-32,33-16-20-35(60-4)21-17-33)34-18-22-36(61-5)23-19-34/h6-23,28-29,37-38,41,43,47H,24-27H2,1-5H3,(H,52,59)(H,56,57)/t37-,38+,41+,43+,47+/m0/s1/i63+2. The van der Waals surface area contributed by atoms with E-state index < -0.39 is 72.8 Å². The number of rotatable bonds is 19. The average molecular weight is 889 g/mol. The van der Waals surface area contributed by atoms with Crippen LogP contribution < -0.4 is 19.7 Å². The van der Waals surface area contributed by atoms with Crippen molar-refractivity contribution in [1.82, 2.24) is 24.8 Å². The maximum absolute atomic E-state index is 14.6. The molecule has 0 bridgehead atoms. The topological polar surface area (TPSA) is 203 Å². The first kappa shape index (κ1) is 45.6. The molecular formula is C48H50N6O11. The van der Waals surface area contributed by atoms with Crippen molar-refractivity contribution >= 4 is 40.8 Å². The summed E-state index contributed by atoms with van der Waals surface area (Å²) in [6, 6.07) is 32.3. The highest BCUT2D eigenvalue weighted by Gasteiger charge is 2.51. The van der Waals surface area contributed by atoms with Crippen molar-refractivity contribution in [2.75, 3.05) is 39.8 Å². The highest BCUT2D eigenvalue weighted by molar-refractivity contribution is 5.85. The van der Waals surface area contributed by atoms with Crippen LogP contribution >= 0.6 is 0 Å². The zero-order valence-electron chi connectivity index (χ0n) is 36.5. The molecule has 4 aromatic carbocycles. The lowest BCUT2D eigenvalue weighted by Gasteiger charge is -2.37. The number of carbonyl (C=O) groups is 4. The predicted molar refractivity (Wildman–Crippen MR) is 236 cm³/mol. The van der Waals surface area contributed by atoms with E-state index in [1.54, 1.807) is 62.0 Å². The fourth-order valence-corrected chi connectivity index (χ4v) is 7.93. The number of nitrogens with zero attached hydrogens (tertiary/aromatic N) is 5. The third-order valence-corrected chi connectivity index (χ3v) is 11.0. The van der Waals surface area contributed by atoms with Gasteiger partial charge in [0.25, 0.3) is 5.91 Å². The van der Waals surface area contributed by atoms with Crippen LogP contribution in [0.5, 0.6) is 11.5 Å². The molecule has 1 amide bonds. The number of aromatic nitrogens is 4. The number of imidazole rings is 1. The molecule has 1 fully saturated rings. The summed E-state index contributed by atoms with van der Waals surface area (Å²) >= 11 is 0. The average Bonchev–Trinajstić information content (AvgIpc) is 3.89. The zero-order chi connectivity index (χ0) is 46.1. The Kier molecular flexibility index (Phi) is 14.3. The third-order valence-electron chi connectivity index (χ3n) is 11.0. The van der Waals surface area contributed by atoms with Crippen LogP contribution in [0, 0.1) is 0 Å². The lowest BCUT2D eigenvalue weighted by Crippen LogP contribution is -2.54. The number of methoxy groups -OCH3 is 2. The highest BCUT2D eigenvalue weighted by atomic mass is 18.3. The molecular weight excluding hydrogens is 839 g/mol. The summed E-state index contributed by atoms with van der Waals surface area (Å²) in [7, 11) is 6.77. The summed E-state index contributed by atoms with van der Waals surface area (Å²) in [6.07, 6.45) is -3.11. The normalized spacial score (nSPS) is 17.5. The third kappa shape index (κ3) is 10.2. The van der Waals surface area contributed by atoms with Crippen molar-refractivity contribution in [2.24, 2.45) is 0 Å². The van der Waals surface area contributed by atoms with Gasteiger partial charge < -0.3 is 43.7 Å². The van der Waals surface area contributed by atoms with Crippen LogP contribution in [0.1, 0.15) is 48.2 Å². The monoisotopic (exact) mass is 888 g/mol. The molecule has 0 unspecified atom stereocenters. The fraction of sp³-hybridized carbons (Fsp3) is 0.312. The molecule has 1 saturated heterocycles. The minimum atomic E-state index is -1.34. The second-order valence-corrected chi connectivity index (χ2v) is 15.5. The van der Waals surface area contributed by atoms with E-state index in [1.807, 2.05) is 84.9 Å². The SMILES string of the molecule is COc1ccc(C(OC[C@H]2O[C@@H](n3cnc4c(N(C)C)ncnc43)[C@H](OC(=O)CCC(=O)O)[C@@H]2NC(=O)[C@H](Cc2ccccc2)[18O]C(C)=O)(c2ccccc2)c2ccc(OC)cc2)cc1. The van der Waals surface area contributed by atoms with E-state index in [-0.39, 0.29) is 13.0 Å². The second kappa shape index (κ2) is 20.4. The molecule has 5 atom stereocenters. The number of hydrogen-bond acceptors (Lipinski definition) is 14. The Balaban J connectivity index is 1.37. The summed E-state index contributed by atoms with van der Waals surface area (Å²) in [6.45, 7) is 0.957. The minimum absolute atomic E-state index is 0.0237. The van der Waals surface area contributed by atoms with E-state index in [0.717, 1.165) is 11.1 Å². The largest absolute Gasteiger partial charge is 0.497 e. The number of carboxylic acid groups (broad SMARTS) is 1. The van der Waals surface area contributed by atoms with Gasteiger partial charge in [-0.05, 0) is 46.5 Å². The summed E-state index contributed by atoms with van der Waals surface area (Å²) in [4.78, 5) is 67.6. The Morgan fingerprint density at radius 3 is 2.00 bits per heavy atom. The van der Waals surface area contributed by atoms with Crippen molar-refractivity contribution in [1.29, 1.82) is 0 Å². The number of ether oxygens (including phenoxy) is 6. The summed E-state index contributed by atoms with van der Waals surface area (Å²) in [5, 5.41) is 12.5. The number of hydrogen-bond donors (Lipinski definition) is 2. The molecule has 65 heavy (non-hydrogen) atoms. The van der Waals surface area contributed by atoms with Crippen molar-refractivity contribution in [3.63, 3.8) is 0 Å². The van der Waals surface area contributed by atoms with Crippen LogP contribution in [0.15, 0.2) is 122 Å². The minimum Gasteiger partial charge on any atom is -0.497 e. The Morgan fingerprint density at radius 2 is 1.43 bits per heavy atom. The molecule has 17 nitrogen and oxygen atoms in total. The first-order valence-electron chi connectivity index (χ1n) is 20.8. The lowest BCUT2D eigenvalue weighted by atomic mass is 9.80. The number of carbonyl (C=O) groups excluding carboxylic acids is 3. The number of amides is 1. The van der Waals surface area contributed by atoms with E-state index >= 15 is 0 Å². The van der Waals surface area contributed by atoms with Crippen LogP contribution in [0.3, 0.4) is 0 Å². The summed E-state index contributed by atoms with van der Waals surface area (Å²) < 4.78 is 38.5. The zero-order valence-corrected chi connectivity index (χ0v) is 36.5. The van der Waals surface area contributed by atoms with Gasteiger partial charge in [-0.2, -0.15) is 0 Å². The molecule has 0 saturated carbocycles. The Bertz CT molecular complexity index is 2530. The molecule has 338 valence electrons. The first-order chi connectivity index (χ1) is 31.4. The molecule has 6 aromatic rings. The van der Waals surface area contributed by atoms with Crippen LogP contribution in [-0.4, -0.2) is 108 Å². The van der Waals surface area contributed by atoms with Gasteiger partial charge in [0, 0.05) is 27.4 Å². The van der Waals surface area contributed by atoms with Crippen molar-refractivity contribution in [2.45, 2.75) is 62.4 Å². The van der Waals surface area contributed by atoms with Crippen molar-refractivity contribution in [3.05, 3.63) is 144 Å². The quantitative estimate of drug-likeness (QED) is 0.0606. The number of benzene rings is 4. The number of fused-ring (bicyclic) bond motifs is 1. The van der Waals surface area contributed by atoms with E-state index in [2.05, 4.69) is 20.3 Å². The fourth-order valence-electron chi connectivity index (χ4n) is 7.93. The summed E-state index contributed by atoms with van der Waals surface area (Å²) in [5.74, 6) is -1.72. The maximum atomic E-state index is 14.6. The van der Waals surface area contributed by atoms with Crippen molar-refractivity contribution in [3.8, 4) is 11.5 Å². The molecule has 7 rings (SSSR count). The van der Waals surface area contributed by atoms with Crippen LogP contribution in [-0.2, 0) is 50.1 Å². The molecule has 0 spiro atoms.